The Labute approximate surface area is 127 Å². The molecule has 1 aliphatic heterocycles. The van der Waals surface area contributed by atoms with Crippen LogP contribution in [0.1, 0.15) is 42.0 Å². The molecule has 0 aliphatic carbocycles. The highest BCUT2D eigenvalue weighted by Gasteiger charge is 2.33. The molecule has 1 saturated heterocycles. The zero-order valence-electron chi connectivity index (χ0n) is 12.4. The zero-order valence-corrected chi connectivity index (χ0v) is 13.2. The summed E-state index contributed by atoms with van der Waals surface area (Å²) in [6, 6.07) is 1.45. The third kappa shape index (κ3) is 3.74. The van der Waals surface area contributed by atoms with Gasteiger partial charge in [0.1, 0.15) is 10.5 Å². The van der Waals surface area contributed by atoms with Gasteiger partial charge in [-0.1, -0.05) is 0 Å². The van der Waals surface area contributed by atoms with Crippen molar-refractivity contribution in [3.8, 4) is 0 Å². The van der Waals surface area contributed by atoms with E-state index in [1.54, 1.807) is 16.3 Å². The summed E-state index contributed by atoms with van der Waals surface area (Å²) in [5, 5.41) is 14.2. The van der Waals surface area contributed by atoms with Gasteiger partial charge in [-0.05, 0) is 32.2 Å². The van der Waals surface area contributed by atoms with Crippen molar-refractivity contribution < 1.29 is 19.4 Å². The fourth-order valence-electron chi connectivity index (χ4n) is 2.28. The molecule has 7 heteroatoms. The summed E-state index contributed by atoms with van der Waals surface area (Å²) >= 11 is 1.17. The van der Waals surface area contributed by atoms with Crippen LogP contribution in [0.25, 0.3) is 0 Å². The number of amides is 1. The van der Waals surface area contributed by atoms with E-state index in [1.165, 1.54) is 11.3 Å². The zero-order chi connectivity index (χ0) is 15.6. The van der Waals surface area contributed by atoms with E-state index in [0.717, 1.165) is 0 Å². The number of carbonyl (C=O) groups excluding carboxylic acids is 1. The first-order valence-electron chi connectivity index (χ1n) is 6.80. The highest BCUT2D eigenvalue weighted by Crippen LogP contribution is 2.30. The predicted octanol–water partition coefficient (Wildman–Crippen LogP) is 2.33. The number of nitrogens with one attached hydrogen (secondary N) is 1. The molecule has 1 amide bonds. The highest BCUT2D eigenvalue weighted by molar-refractivity contribution is 7.12. The number of ether oxygens (including phenoxy) is 1. The Morgan fingerprint density at radius 3 is 2.81 bits per heavy atom. The number of carboxylic acids is 1. The van der Waals surface area contributed by atoms with Gasteiger partial charge in [-0.3, -0.25) is 4.90 Å². The highest BCUT2D eigenvalue weighted by atomic mass is 32.1. The van der Waals surface area contributed by atoms with Gasteiger partial charge in [0, 0.05) is 25.2 Å². The Bertz CT molecular complexity index is 535. The molecule has 21 heavy (non-hydrogen) atoms. The second-order valence-electron chi connectivity index (χ2n) is 5.90. The third-order valence-corrected chi connectivity index (χ3v) is 4.04. The van der Waals surface area contributed by atoms with E-state index >= 15 is 0 Å². The number of carbonyl (C=O) groups is 2. The van der Waals surface area contributed by atoms with E-state index in [-0.39, 0.29) is 10.9 Å². The Morgan fingerprint density at radius 1 is 1.48 bits per heavy atom. The molecule has 0 radical (unpaired) electrons. The second-order valence-corrected chi connectivity index (χ2v) is 6.82. The molecule has 1 atom stereocenters. The first-order chi connectivity index (χ1) is 9.79. The van der Waals surface area contributed by atoms with E-state index in [1.807, 2.05) is 20.8 Å². The van der Waals surface area contributed by atoms with Crippen LogP contribution in [0, 0.1) is 0 Å². The number of thiophene rings is 1. The Balaban J connectivity index is 2.25. The van der Waals surface area contributed by atoms with E-state index in [2.05, 4.69) is 5.32 Å². The summed E-state index contributed by atoms with van der Waals surface area (Å²) in [5.74, 6) is -0.963. The lowest BCUT2D eigenvalue weighted by Crippen LogP contribution is -2.50. The van der Waals surface area contributed by atoms with Crippen molar-refractivity contribution in [3.63, 3.8) is 0 Å². The van der Waals surface area contributed by atoms with Gasteiger partial charge in [-0.15, -0.1) is 11.3 Å². The summed E-state index contributed by atoms with van der Waals surface area (Å²) in [5.41, 5.74) is 0.0853. The lowest BCUT2D eigenvalue weighted by Gasteiger charge is -2.37. The molecule has 6 nitrogen and oxygen atoms in total. The first-order valence-corrected chi connectivity index (χ1v) is 7.68. The van der Waals surface area contributed by atoms with Gasteiger partial charge in [-0.2, -0.15) is 0 Å². The van der Waals surface area contributed by atoms with Gasteiger partial charge in [0.05, 0.1) is 6.04 Å². The Kier molecular flexibility index (Phi) is 4.53. The minimum absolute atomic E-state index is 0.275. The molecule has 1 aromatic heterocycles. The normalized spacial score (nSPS) is 19.4. The van der Waals surface area contributed by atoms with Crippen molar-refractivity contribution >= 4 is 23.4 Å². The fraction of sp³-hybridized carbons (Fsp3) is 0.571. The van der Waals surface area contributed by atoms with Crippen LogP contribution < -0.4 is 5.32 Å². The molecular weight excluding hydrogens is 292 g/mol. The van der Waals surface area contributed by atoms with Crippen LogP contribution in [0.15, 0.2) is 11.4 Å². The lowest BCUT2D eigenvalue weighted by atomic mass is 10.0. The molecule has 0 spiro atoms. The van der Waals surface area contributed by atoms with Crippen LogP contribution in [0.5, 0.6) is 0 Å². The van der Waals surface area contributed by atoms with Gasteiger partial charge < -0.3 is 15.2 Å². The minimum Gasteiger partial charge on any atom is -0.477 e. The summed E-state index contributed by atoms with van der Waals surface area (Å²) in [6.07, 6.45) is -0.406. The number of hydrogen-bond acceptors (Lipinski definition) is 5. The molecule has 1 fully saturated rings. The number of piperazine rings is 1. The molecule has 1 aromatic rings. The van der Waals surface area contributed by atoms with Crippen LogP contribution in [0.2, 0.25) is 0 Å². The van der Waals surface area contributed by atoms with Crippen LogP contribution in [-0.4, -0.2) is 47.3 Å². The summed E-state index contributed by atoms with van der Waals surface area (Å²) in [4.78, 5) is 25.5. The smallest absolute Gasteiger partial charge is 0.410 e. The quantitative estimate of drug-likeness (QED) is 0.876. The molecule has 0 bridgehead atoms. The van der Waals surface area contributed by atoms with Crippen molar-refractivity contribution in [3.05, 3.63) is 21.9 Å². The van der Waals surface area contributed by atoms with Crippen LogP contribution >= 0.6 is 11.3 Å². The molecule has 0 saturated carbocycles. The van der Waals surface area contributed by atoms with Crippen LogP contribution in [0.4, 0.5) is 4.79 Å². The van der Waals surface area contributed by atoms with Gasteiger partial charge in [0.15, 0.2) is 0 Å². The number of carboxylic acid groups (broad SMARTS) is 1. The fourth-order valence-corrected chi connectivity index (χ4v) is 3.07. The van der Waals surface area contributed by atoms with E-state index in [9.17, 15) is 14.7 Å². The topological polar surface area (TPSA) is 78.9 Å². The lowest BCUT2D eigenvalue weighted by molar-refractivity contribution is 0.0116. The largest absolute Gasteiger partial charge is 0.477 e. The summed E-state index contributed by atoms with van der Waals surface area (Å²) < 4.78 is 5.42. The molecule has 116 valence electrons. The van der Waals surface area contributed by atoms with Gasteiger partial charge in [0.25, 0.3) is 0 Å². The van der Waals surface area contributed by atoms with Crippen LogP contribution in [0.3, 0.4) is 0 Å². The van der Waals surface area contributed by atoms with E-state index < -0.39 is 17.7 Å². The average molecular weight is 312 g/mol. The second kappa shape index (κ2) is 6.03. The van der Waals surface area contributed by atoms with Crippen LogP contribution in [-0.2, 0) is 4.74 Å². The van der Waals surface area contributed by atoms with Crippen molar-refractivity contribution in [2.75, 3.05) is 19.6 Å². The standard InChI is InChI=1S/C14H20N2O4S/c1-14(2,3)20-13(19)16-6-5-15-8-10(16)9-4-7-21-11(9)12(17)18/h4,7,10,15H,5-6,8H2,1-3H3,(H,17,18). The molecule has 2 rings (SSSR count). The van der Waals surface area contributed by atoms with Crippen molar-refractivity contribution in [2.24, 2.45) is 0 Å². The van der Waals surface area contributed by atoms with E-state index in [0.29, 0.717) is 25.2 Å². The monoisotopic (exact) mass is 312 g/mol. The maximum absolute atomic E-state index is 12.3. The SMILES string of the molecule is CC(C)(C)OC(=O)N1CCNCC1c1ccsc1C(=O)O. The first kappa shape index (κ1) is 15.8. The van der Waals surface area contributed by atoms with Gasteiger partial charge in [0.2, 0.25) is 0 Å². The summed E-state index contributed by atoms with van der Waals surface area (Å²) in [7, 11) is 0. The molecule has 2 heterocycles. The summed E-state index contributed by atoms with van der Waals surface area (Å²) in [6.45, 7) is 7.13. The van der Waals surface area contributed by atoms with Gasteiger partial charge >= 0.3 is 12.1 Å². The Morgan fingerprint density at radius 2 is 2.19 bits per heavy atom. The average Bonchev–Trinajstić information content (AvgIpc) is 2.85. The molecule has 0 aromatic carbocycles. The van der Waals surface area contributed by atoms with E-state index in [4.69, 9.17) is 4.74 Å². The molecular formula is C14H20N2O4S. The molecule has 1 aliphatic rings. The third-order valence-electron chi connectivity index (χ3n) is 3.12. The number of rotatable bonds is 2. The number of hydrogen-bond donors (Lipinski definition) is 2. The van der Waals surface area contributed by atoms with Gasteiger partial charge in [-0.25, -0.2) is 9.59 Å². The number of aromatic carboxylic acids is 1. The minimum atomic E-state index is -0.963. The van der Waals surface area contributed by atoms with Crippen molar-refractivity contribution in [1.29, 1.82) is 0 Å². The van der Waals surface area contributed by atoms with Crippen molar-refractivity contribution in [2.45, 2.75) is 32.4 Å². The maximum atomic E-state index is 12.3. The number of nitrogens with zero attached hydrogens (tertiary/aromatic N) is 1. The van der Waals surface area contributed by atoms with Crippen molar-refractivity contribution in [1.82, 2.24) is 10.2 Å². The molecule has 2 N–H and O–H groups in total. The molecule has 1 unspecified atom stereocenters. The predicted molar refractivity (Wildman–Crippen MR) is 79.8 cm³/mol. The maximum Gasteiger partial charge on any atom is 0.410 e. The Hall–Kier alpha value is -1.60.